The second kappa shape index (κ2) is 12.5. The zero-order valence-electron chi connectivity index (χ0n) is 27.4. The minimum Gasteiger partial charge on any atom is -0.310 e. The van der Waals surface area contributed by atoms with Gasteiger partial charge in [-0.15, -0.1) is 0 Å². The zero-order chi connectivity index (χ0) is 33.3. The Bertz CT molecular complexity index is 2280. The van der Waals surface area contributed by atoms with Gasteiger partial charge in [-0.25, -0.2) is 9.97 Å². The lowest BCUT2D eigenvalue weighted by molar-refractivity contribution is 0.731. The molecule has 236 valence electrons. The third-order valence-electron chi connectivity index (χ3n) is 9.74. The van der Waals surface area contributed by atoms with Gasteiger partial charge in [-0.3, -0.25) is 0 Å². The average Bonchev–Trinajstić information content (AvgIpc) is 3.21. The van der Waals surface area contributed by atoms with E-state index in [0.717, 1.165) is 45.1 Å². The van der Waals surface area contributed by atoms with E-state index in [2.05, 4.69) is 181 Å². The summed E-state index contributed by atoms with van der Waals surface area (Å²) in [5, 5.41) is 0. The number of hydrogen-bond donors (Lipinski definition) is 0. The van der Waals surface area contributed by atoms with Gasteiger partial charge >= 0.3 is 0 Å². The zero-order valence-corrected chi connectivity index (χ0v) is 27.4. The molecule has 0 unspecified atom stereocenters. The van der Waals surface area contributed by atoms with Gasteiger partial charge in [0.1, 0.15) is 0 Å². The molecule has 1 aromatic heterocycles. The van der Waals surface area contributed by atoms with Crippen LogP contribution in [-0.2, 0) is 5.41 Å². The van der Waals surface area contributed by atoms with Gasteiger partial charge in [-0.05, 0) is 52.6 Å². The third kappa shape index (κ3) is 4.91. The van der Waals surface area contributed by atoms with Gasteiger partial charge in [0.25, 0.3) is 0 Å². The average molecular weight is 640 g/mol. The lowest BCUT2D eigenvalue weighted by Gasteiger charge is -2.46. The summed E-state index contributed by atoms with van der Waals surface area (Å²) in [4.78, 5) is 12.6. The molecule has 7 aromatic carbocycles. The van der Waals surface area contributed by atoms with Crippen molar-refractivity contribution in [2.75, 3.05) is 4.90 Å². The van der Waals surface area contributed by atoms with Crippen molar-refractivity contribution in [3.8, 4) is 33.9 Å². The summed E-state index contributed by atoms with van der Waals surface area (Å²) in [5.41, 5.74) is 12.6. The van der Waals surface area contributed by atoms with Gasteiger partial charge in [0.05, 0.1) is 28.2 Å². The van der Waals surface area contributed by atoms with Crippen LogP contribution in [0.5, 0.6) is 0 Å². The Balaban J connectivity index is 1.26. The molecule has 0 aliphatic carbocycles. The van der Waals surface area contributed by atoms with E-state index in [0.29, 0.717) is 5.82 Å². The topological polar surface area (TPSA) is 29.0 Å². The maximum atomic E-state index is 5.15. The van der Waals surface area contributed by atoms with Crippen molar-refractivity contribution in [1.29, 1.82) is 0 Å². The number of rotatable bonds is 6. The smallest absolute Gasteiger partial charge is 0.160 e. The first-order valence-corrected chi connectivity index (χ1v) is 17.0. The van der Waals surface area contributed by atoms with Crippen molar-refractivity contribution in [3.05, 3.63) is 222 Å². The lowest BCUT2D eigenvalue weighted by Crippen LogP contribution is -2.37. The Hall–Kier alpha value is -6.58. The Morgan fingerprint density at radius 1 is 0.360 bits per heavy atom. The lowest BCUT2D eigenvalue weighted by atomic mass is 9.62. The molecule has 0 fully saturated rings. The van der Waals surface area contributed by atoms with Crippen molar-refractivity contribution >= 4 is 17.1 Å². The number of fused-ring (bicyclic) bond motifs is 2. The first-order chi connectivity index (χ1) is 24.8. The van der Waals surface area contributed by atoms with Crippen LogP contribution >= 0.6 is 0 Å². The molecular formula is C47H33N3. The Morgan fingerprint density at radius 3 is 1.36 bits per heavy atom. The van der Waals surface area contributed by atoms with Gasteiger partial charge < -0.3 is 4.90 Å². The van der Waals surface area contributed by atoms with E-state index >= 15 is 0 Å². The highest BCUT2D eigenvalue weighted by molar-refractivity contribution is 5.90. The largest absolute Gasteiger partial charge is 0.310 e. The maximum absolute atomic E-state index is 5.15. The Kier molecular flexibility index (Phi) is 7.37. The second-order valence-electron chi connectivity index (χ2n) is 12.6. The van der Waals surface area contributed by atoms with Crippen LogP contribution in [0.1, 0.15) is 22.3 Å². The van der Waals surface area contributed by atoms with Crippen LogP contribution in [0.2, 0.25) is 0 Å². The van der Waals surface area contributed by atoms with Crippen LogP contribution in [0.15, 0.2) is 200 Å². The molecule has 1 aliphatic rings. The van der Waals surface area contributed by atoms with Crippen molar-refractivity contribution in [2.24, 2.45) is 0 Å². The molecule has 3 heteroatoms. The number of benzene rings is 7. The van der Waals surface area contributed by atoms with Crippen LogP contribution in [0.3, 0.4) is 0 Å². The van der Waals surface area contributed by atoms with Crippen LogP contribution in [0.4, 0.5) is 17.1 Å². The van der Waals surface area contributed by atoms with E-state index < -0.39 is 5.41 Å². The first-order valence-electron chi connectivity index (χ1n) is 17.0. The van der Waals surface area contributed by atoms with Crippen LogP contribution in [0, 0.1) is 0 Å². The predicted octanol–water partition coefficient (Wildman–Crippen LogP) is 11.6. The number of anilines is 3. The molecule has 8 aromatic rings. The molecule has 1 aliphatic heterocycles. The molecular weight excluding hydrogens is 607 g/mol. The SMILES string of the molecule is c1ccc(-c2cc(-c3cccc(N4c5ccccc5C(c5ccccc5)(c5ccccc5)c5ccccc54)c3)nc(-c3ccccc3)n2)cc1. The summed E-state index contributed by atoms with van der Waals surface area (Å²) >= 11 is 0. The van der Waals surface area contributed by atoms with Crippen LogP contribution in [-0.4, -0.2) is 9.97 Å². The molecule has 3 nitrogen and oxygen atoms in total. The van der Waals surface area contributed by atoms with E-state index in [-0.39, 0.29) is 0 Å². The first kappa shape index (κ1) is 29.6. The number of para-hydroxylation sites is 2. The molecule has 0 amide bonds. The minimum atomic E-state index is -0.508. The molecule has 0 bridgehead atoms. The van der Waals surface area contributed by atoms with E-state index in [1.54, 1.807) is 0 Å². The number of hydrogen-bond acceptors (Lipinski definition) is 3. The fraction of sp³-hybridized carbons (Fsp3) is 0.0213. The van der Waals surface area contributed by atoms with Gasteiger partial charge in [-0.2, -0.15) is 0 Å². The molecule has 2 heterocycles. The van der Waals surface area contributed by atoms with Gasteiger partial charge in [0.2, 0.25) is 0 Å². The van der Waals surface area contributed by atoms with Gasteiger partial charge in [0.15, 0.2) is 5.82 Å². The predicted molar refractivity (Wildman–Crippen MR) is 205 cm³/mol. The minimum absolute atomic E-state index is 0.508. The van der Waals surface area contributed by atoms with Gasteiger partial charge in [-0.1, -0.05) is 170 Å². The second-order valence-corrected chi connectivity index (χ2v) is 12.6. The van der Waals surface area contributed by atoms with Crippen molar-refractivity contribution < 1.29 is 0 Å². The molecule has 0 spiro atoms. The Morgan fingerprint density at radius 2 is 0.800 bits per heavy atom. The summed E-state index contributed by atoms with van der Waals surface area (Å²) in [6, 6.07) is 71.0. The molecule has 0 saturated heterocycles. The molecule has 0 N–H and O–H groups in total. The summed E-state index contributed by atoms with van der Waals surface area (Å²) in [6.45, 7) is 0. The highest BCUT2D eigenvalue weighted by atomic mass is 15.2. The molecule has 0 radical (unpaired) electrons. The van der Waals surface area contributed by atoms with Crippen molar-refractivity contribution in [2.45, 2.75) is 5.41 Å². The highest BCUT2D eigenvalue weighted by Gasteiger charge is 2.46. The highest BCUT2D eigenvalue weighted by Crippen LogP contribution is 2.57. The summed E-state index contributed by atoms with van der Waals surface area (Å²) in [7, 11) is 0. The quantitative estimate of drug-likeness (QED) is 0.181. The van der Waals surface area contributed by atoms with Crippen LogP contribution < -0.4 is 4.90 Å². The van der Waals surface area contributed by atoms with E-state index in [1.165, 1.54) is 22.3 Å². The summed E-state index contributed by atoms with van der Waals surface area (Å²) < 4.78 is 0. The summed E-state index contributed by atoms with van der Waals surface area (Å²) in [5.74, 6) is 0.705. The van der Waals surface area contributed by atoms with Crippen molar-refractivity contribution in [1.82, 2.24) is 9.97 Å². The van der Waals surface area contributed by atoms with Crippen LogP contribution in [0.25, 0.3) is 33.9 Å². The fourth-order valence-corrected chi connectivity index (χ4v) is 7.56. The molecule has 50 heavy (non-hydrogen) atoms. The van der Waals surface area contributed by atoms with E-state index in [9.17, 15) is 0 Å². The maximum Gasteiger partial charge on any atom is 0.160 e. The molecule has 9 rings (SSSR count). The van der Waals surface area contributed by atoms with E-state index in [4.69, 9.17) is 9.97 Å². The standard InChI is InChI=1S/C47H33N3/c1-5-18-34(19-6-1)42-33-43(49-46(48-42)35-20-7-2-8-21-35)36-22-17-27-39(32-36)50-44-30-15-13-28-40(44)47(37-23-9-3-10-24-37,38-25-11-4-12-26-38)41-29-14-16-31-45(41)50/h1-33H. The monoisotopic (exact) mass is 639 g/mol. The summed E-state index contributed by atoms with van der Waals surface area (Å²) in [6.07, 6.45) is 0. The van der Waals surface area contributed by atoms with E-state index in [1.807, 2.05) is 24.3 Å². The fourth-order valence-electron chi connectivity index (χ4n) is 7.56. The number of aromatic nitrogens is 2. The third-order valence-corrected chi connectivity index (χ3v) is 9.74. The normalized spacial score (nSPS) is 12.9. The van der Waals surface area contributed by atoms with Gasteiger partial charge in [0, 0.05) is 22.4 Å². The van der Waals surface area contributed by atoms with Crippen molar-refractivity contribution in [3.63, 3.8) is 0 Å². The number of nitrogens with zero attached hydrogens (tertiary/aromatic N) is 3. The Labute approximate surface area is 292 Å². The molecule has 0 saturated carbocycles. The molecule has 0 atom stereocenters.